The lowest BCUT2D eigenvalue weighted by Crippen LogP contribution is -2.34. The van der Waals surface area contributed by atoms with Crippen LogP contribution in [0.3, 0.4) is 0 Å². The van der Waals surface area contributed by atoms with E-state index < -0.39 is 10.0 Å². The van der Waals surface area contributed by atoms with Crippen molar-refractivity contribution in [2.45, 2.75) is 41.9 Å². The van der Waals surface area contributed by atoms with Crippen LogP contribution in [-0.4, -0.2) is 41.9 Å². The molecule has 8 heteroatoms. The van der Waals surface area contributed by atoms with Crippen molar-refractivity contribution in [2.75, 3.05) is 13.1 Å². The molecule has 0 bridgehead atoms. The third kappa shape index (κ3) is 4.83. The average Bonchev–Trinajstić information content (AvgIpc) is 3.12. The second kappa shape index (κ2) is 9.70. The first-order chi connectivity index (χ1) is 15.3. The fourth-order valence-corrected chi connectivity index (χ4v) is 6.67. The monoisotopic (exact) mass is 580 g/mol. The molecular formula is C24H25IN2O3S2. The number of benzene rings is 2. The summed E-state index contributed by atoms with van der Waals surface area (Å²) in [6, 6.07) is 13.4. The van der Waals surface area contributed by atoms with Crippen LogP contribution in [0.2, 0.25) is 0 Å². The zero-order valence-electron chi connectivity index (χ0n) is 18.0. The van der Waals surface area contributed by atoms with Crippen molar-refractivity contribution in [1.29, 1.82) is 0 Å². The third-order valence-corrected chi connectivity index (χ3v) is 9.03. The van der Waals surface area contributed by atoms with Crippen LogP contribution >= 0.6 is 34.4 Å². The number of carbonyl (C=O) groups excluding carboxylic acids is 1. The summed E-state index contributed by atoms with van der Waals surface area (Å²) in [7, 11) is -3.54. The number of rotatable bonds is 7. The summed E-state index contributed by atoms with van der Waals surface area (Å²) in [6.45, 7) is 5.30. The minimum Gasteiger partial charge on any atom is -0.340 e. The third-order valence-electron chi connectivity index (χ3n) is 5.47. The molecule has 3 aromatic rings. The number of aromatic nitrogens is 1. The van der Waals surface area contributed by atoms with Gasteiger partial charge in [-0.1, -0.05) is 26.0 Å². The zero-order chi connectivity index (χ0) is 22.9. The molecule has 1 aliphatic rings. The maximum atomic E-state index is 13.1. The average molecular weight is 581 g/mol. The Balaban J connectivity index is 1.58. The maximum Gasteiger partial charge on any atom is 0.243 e. The fourth-order valence-electron chi connectivity index (χ4n) is 3.98. The van der Waals surface area contributed by atoms with Crippen molar-refractivity contribution in [3.63, 3.8) is 0 Å². The van der Waals surface area contributed by atoms with Gasteiger partial charge < -0.3 is 9.36 Å². The van der Waals surface area contributed by atoms with E-state index in [1.165, 1.54) is 4.31 Å². The lowest BCUT2D eigenvalue weighted by atomic mass is 10.00. The Morgan fingerprint density at radius 2 is 1.91 bits per heavy atom. The van der Waals surface area contributed by atoms with E-state index in [1.807, 2.05) is 29.0 Å². The molecule has 0 saturated carbocycles. The van der Waals surface area contributed by atoms with Crippen molar-refractivity contribution < 1.29 is 13.2 Å². The SMILES string of the molecule is CC(C)Sc1ccc(S(=O)(=O)N2CC=C(c3cn(CC=O)c4cc(I)ccc34)CC2)cc1. The minimum absolute atomic E-state index is 0.301. The van der Waals surface area contributed by atoms with Gasteiger partial charge in [0.25, 0.3) is 0 Å². The van der Waals surface area contributed by atoms with Crippen LogP contribution in [0.5, 0.6) is 0 Å². The lowest BCUT2D eigenvalue weighted by Gasteiger charge is -2.26. The van der Waals surface area contributed by atoms with E-state index >= 15 is 0 Å². The van der Waals surface area contributed by atoms with E-state index in [9.17, 15) is 13.2 Å². The molecule has 0 fully saturated rings. The molecule has 2 heterocycles. The summed E-state index contributed by atoms with van der Waals surface area (Å²) in [5, 5.41) is 1.54. The van der Waals surface area contributed by atoms with E-state index in [0.717, 1.165) is 36.8 Å². The Labute approximate surface area is 207 Å². The van der Waals surface area contributed by atoms with Gasteiger partial charge in [0.2, 0.25) is 10.0 Å². The van der Waals surface area contributed by atoms with Gasteiger partial charge in [-0.2, -0.15) is 4.31 Å². The molecule has 0 atom stereocenters. The molecule has 2 aromatic carbocycles. The quantitative estimate of drug-likeness (QED) is 0.213. The van der Waals surface area contributed by atoms with Crippen LogP contribution in [0.1, 0.15) is 25.8 Å². The summed E-state index contributed by atoms with van der Waals surface area (Å²) < 4.78 is 30.9. The first-order valence-corrected chi connectivity index (χ1v) is 13.9. The highest BCUT2D eigenvalue weighted by Gasteiger charge is 2.27. The number of sulfonamides is 1. The molecule has 0 amide bonds. The highest BCUT2D eigenvalue weighted by atomic mass is 127. The first-order valence-electron chi connectivity index (χ1n) is 10.5. The molecule has 32 heavy (non-hydrogen) atoms. The Hall–Kier alpha value is -1.62. The number of hydrogen-bond donors (Lipinski definition) is 0. The van der Waals surface area contributed by atoms with Gasteiger partial charge in [0.05, 0.1) is 17.0 Å². The highest BCUT2D eigenvalue weighted by Crippen LogP contribution is 2.33. The van der Waals surface area contributed by atoms with Gasteiger partial charge in [0, 0.05) is 44.0 Å². The Morgan fingerprint density at radius 3 is 2.53 bits per heavy atom. The maximum absolute atomic E-state index is 13.1. The van der Waals surface area contributed by atoms with Crippen molar-refractivity contribution in [2.24, 2.45) is 0 Å². The molecule has 1 aromatic heterocycles. The molecule has 0 radical (unpaired) electrons. The topological polar surface area (TPSA) is 59.4 Å². The van der Waals surface area contributed by atoms with Gasteiger partial charge in [-0.25, -0.2) is 8.42 Å². The van der Waals surface area contributed by atoms with Crippen LogP contribution in [0.4, 0.5) is 0 Å². The van der Waals surface area contributed by atoms with Crippen molar-refractivity contribution in [3.05, 3.63) is 63.9 Å². The van der Waals surface area contributed by atoms with Gasteiger partial charge in [0.1, 0.15) is 6.29 Å². The smallest absolute Gasteiger partial charge is 0.243 e. The normalized spacial score (nSPS) is 15.3. The number of thioether (sulfide) groups is 1. The summed E-state index contributed by atoms with van der Waals surface area (Å²) >= 11 is 3.99. The predicted octanol–water partition coefficient (Wildman–Crippen LogP) is 5.42. The summed E-state index contributed by atoms with van der Waals surface area (Å²) in [5.41, 5.74) is 3.22. The second-order valence-electron chi connectivity index (χ2n) is 8.00. The van der Waals surface area contributed by atoms with Crippen LogP contribution in [0, 0.1) is 3.57 Å². The molecule has 1 aliphatic heterocycles. The molecule has 168 valence electrons. The Kier molecular flexibility index (Phi) is 7.14. The zero-order valence-corrected chi connectivity index (χ0v) is 21.8. The van der Waals surface area contributed by atoms with Crippen molar-refractivity contribution in [1.82, 2.24) is 8.87 Å². The van der Waals surface area contributed by atoms with Gasteiger partial charge in [-0.05, 0) is 71.0 Å². The van der Waals surface area contributed by atoms with E-state index in [0.29, 0.717) is 36.2 Å². The number of carbonyl (C=O) groups is 1. The van der Waals surface area contributed by atoms with Gasteiger partial charge in [0.15, 0.2) is 0 Å². The van der Waals surface area contributed by atoms with Gasteiger partial charge in [-0.3, -0.25) is 0 Å². The Bertz CT molecular complexity index is 1280. The summed E-state index contributed by atoms with van der Waals surface area (Å²) in [5.74, 6) is 0. The molecule has 4 rings (SSSR count). The second-order valence-corrected chi connectivity index (χ2v) is 12.8. The van der Waals surface area contributed by atoms with Gasteiger partial charge in [-0.15, -0.1) is 11.8 Å². The van der Waals surface area contributed by atoms with Crippen LogP contribution < -0.4 is 0 Å². The number of nitrogens with zero attached hydrogens (tertiary/aromatic N) is 2. The van der Waals surface area contributed by atoms with Crippen molar-refractivity contribution >= 4 is 67.1 Å². The van der Waals surface area contributed by atoms with Crippen LogP contribution in [-0.2, 0) is 21.4 Å². The lowest BCUT2D eigenvalue weighted by molar-refractivity contribution is -0.108. The summed E-state index contributed by atoms with van der Waals surface area (Å²) in [4.78, 5) is 12.5. The van der Waals surface area contributed by atoms with E-state index in [-0.39, 0.29) is 0 Å². The highest BCUT2D eigenvalue weighted by molar-refractivity contribution is 14.1. The standard InChI is InChI=1S/C24H25IN2O3S2/c1-17(2)31-20-4-6-21(7-5-20)32(29,30)27-11-9-18(10-12-27)23-16-26(13-14-28)24-15-19(25)3-8-22(23)24/h3-9,14-17H,10-13H2,1-2H3. The predicted molar refractivity (Wildman–Crippen MR) is 140 cm³/mol. The molecular weight excluding hydrogens is 555 g/mol. The number of halogens is 1. The molecule has 0 saturated heterocycles. The first kappa shape index (κ1) is 23.5. The van der Waals surface area contributed by atoms with Crippen LogP contribution in [0.15, 0.2) is 64.5 Å². The fraction of sp³-hybridized carbons (Fsp3) is 0.292. The molecule has 0 unspecified atom stereocenters. The molecule has 0 N–H and O–H groups in total. The van der Waals surface area contributed by atoms with E-state index in [2.05, 4.69) is 54.6 Å². The van der Waals surface area contributed by atoms with E-state index in [1.54, 1.807) is 23.9 Å². The summed E-state index contributed by atoms with van der Waals surface area (Å²) in [6.07, 6.45) is 5.54. The van der Waals surface area contributed by atoms with Crippen LogP contribution in [0.25, 0.3) is 16.5 Å². The van der Waals surface area contributed by atoms with Gasteiger partial charge >= 0.3 is 0 Å². The minimum atomic E-state index is -3.54. The number of fused-ring (bicyclic) bond motifs is 1. The van der Waals surface area contributed by atoms with Crippen molar-refractivity contribution in [3.8, 4) is 0 Å². The number of hydrogen-bond acceptors (Lipinski definition) is 4. The largest absolute Gasteiger partial charge is 0.340 e. The Morgan fingerprint density at radius 1 is 1.16 bits per heavy atom. The number of aldehydes is 1. The molecule has 0 spiro atoms. The molecule has 0 aliphatic carbocycles. The molecule has 5 nitrogen and oxygen atoms in total. The van der Waals surface area contributed by atoms with E-state index in [4.69, 9.17) is 0 Å².